The second-order valence-corrected chi connectivity index (χ2v) is 3.38. The molecule has 0 bridgehead atoms. The van der Waals surface area contributed by atoms with Crippen molar-refractivity contribution in [3.63, 3.8) is 0 Å². The van der Waals surface area contributed by atoms with Crippen molar-refractivity contribution in [2.24, 2.45) is 5.73 Å². The van der Waals surface area contributed by atoms with Gasteiger partial charge in [0.15, 0.2) is 0 Å². The molecule has 15 heavy (non-hydrogen) atoms. The molecule has 84 valence electrons. The Balaban J connectivity index is 3.15. The van der Waals surface area contributed by atoms with Gasteiger partial charge in [0.05, 0.1) is 5.56 Å². The highest BCUT2D eigenvalue weighted by Gasteiger charge is 2.33. The molecule has 0 amide bonds. The van der Waals surface area contributed by atoms with Gasteiger partial charge in [-0.2, -0.15) is 0 Å². The van der Waals surface area contributed by atoms with Crippen LogP contribution in [0.5, 0.6) is 5.88 Å². The zero-order valence-corrected chi connectivity index (χ0v) is 8.89. The van der Waals surface area contributed by atoms with Crippen molar-refractivity contribution in [3.05, 3.63) is 16.2 Å². The molecule has 1 aromatic heterocycles. The zero-order chi connectivity index (χ0) is 11.6. The number of pyridine rings is 1. The van der Waals surface area contributed by atoms with E-state index < -0.39 is 12.2 Å². The maximum Gasteiger partial charge on any atom is 0.574 e. The van der Waals surface area contributed by atoms with Crippen LogP contribution in [0.25, 0.3) is 0 Å². The summed E-state index contributed by atoms with van der Waals surface area (Å²) in [6.07, 6.45) is -4.82. The largest absolute Gasteiger partial charge is 0.574 e. The van der Waals surface area contributed by atoms with Gasteiger partial charge in [-0.15, -0.1) is 13.2 Å². The van der Waals surface area contributed by atoms with Crippen molar-refractivity contribution >= 4 is 21.6 Å². The van der Waals surface area contributed by atoms with Crippen LogP contribution in [-0.4, -0.2) is 11.3 Å². The van der Waals surface area contributed by atoms with Gasteiger partial charge >= 0.3 is 6.36 Å². The molecule has 0 aliphatic heterocycles. The normalized spacial score (nSPS) is 11.5. The van der Waals surface area contributed by atoms with Crippen LogP contribution in [0.3, 0.4) is 0 Å². The Bertz CT molecular complexity index is 369. The van der Waals surface area contributed by atoms with Crippen LogP contribution in [0.2, 0.25) is 0 Å². The first-order valence-corrected chi connectivity index (χ1v) is 4.53. The molecule has 1 rings (SSSR count). The highest BCUT2D eigenvalue weighted by Crippen LogP contribution is 2.29. The molecule has 0 fully saturated rings. The highest BCUT2D eigenvalue weighted by molar-refractivity contribution is 9.10. The van der Waals surface area contributed by atoms with Crippen LogP contribution < -0.4 is 16.2 Å². The summed E-state index contributed by atoms with van der Waals surface area (Å²) in [6, 6.07) is 1.35. The average Bonchev–Trinajstić information content (AvgIpc) is 1.99. The third kappa shape index (κ3) is 3.24. The molecule has 4 N–H and O–H groups in total. The third-order valence-corrected chi connectivity index (χ3v) is 1.91. The van der Waals surface area contributed by atoms with E-state index in [1.165, 1.54) is 6.07 Å². The number of ether oxygens (including phenoxy) is 1. The predicted octanol–water partition coefficient (Wildman–Crippen LogP) is 1.78. The van der Waals surface area contributed by atoms with E-state index in [1.54, 1.807) is 0 Å². The number of hydrogen-bond donors (Lipinski definition) is 2. The van der Waals surface area contributed by atoms with Crippen molar-refractivity contribution in [2.45, 2.75) is 12.9 Å². The molecule has 0 atom stereocenters. The Hall–Kier alpha value is -1.02. The number of nitrogens with zero attached hydrogens (tertiary/aromatic N) is 1. The quantitative estimate of drug-likeness (QED) is 0.813. The molecule has 0 spiro atoms. The molecule has 1 aromatic rings. The summed E-state index contributed by atoms with van der Waals surface area (Å²) in [6.45, 7) is -0.183. The molecule has 0 aliphatic carbocycles. The van der Waals surface area contributed by atoms with Crippen molar-refractivity contribution in [2.75, 3.05) is 5.73 Å². The maximum absolute atomic E-state index is 12.0. The van der Waals surface area contributed by atoms with Crippen molar-refractivity contribution in [1.29, 1.82) is 0 Å². The van der Waals surface area contributed by atoms with E-state index in [0.717, 1.165) is 0 Å². The summed E-state index contributed by atoms with van der Waals surface area (Å²) in [5, 5.41) is 0. The number of nitrogens with two attached hydrogens (primary N) is 2. The van der Waals surface area contributed by atoms with Crippen LogP contribution in [0.4, 0.5) is 18.9 Å². The van der Waals surface area contributed by atoms with Crippen molar-refractivity contribution in [3.8, 4) is 5.88 Å². The average molecular weight is 286 g/mol. The molecule has 1 heterocycles. The second kappa shape index (κ2) is 4.23. The van der Waals surface area contributed by atoms with E-state index in [2.05, 4.69) is 25.7 Å². The van der Waals surface area contributed by atoms with Crippen LogP contribution in [-0.2, 0) is 6.54 Å². The lowest BCUT2D eigenvalue weighted by Crippen LogP contribution is -2.20. The van der Waals surface area contributed by atoms with Gasteiger partial charge in [0, 0.05) is 12.2 Å². The number of aromatic nitrogens is 1. The number of alkyl halides is 3. The molecular weight excluding hydrogens is 279 g/mol. The fourth-order valence-corrected chi connectivity index (χ4v) is 1.34. The molecule has 0 aromatic carbocycles. The number of rotatable bonds is 2. The van der Waals surface area contributed by atoms with Crippen LogP contribution in [0.15, 0.2) is 10.7 Å². The summed E-state index contributed by atoms with van der Waals surface area (Å²) < 4.78 is 39.7. The van der Waals surface area contributed by atoms with Crippen LogP contribution in [0.1, 0.15) is 5.56 Å². The van der Waals surface area contributed by atoms with E-state index in [0.29, 0.717) is 0 Å². The summed E-state index contributed by atoms with van der Waals surface area (Å²) in [5.74, 6) is -0.628. The van der Waals surface area contributed by atoms with Gasteiger partial charge in [0.1, 0.15) is 4.60 Å². The van der Waals surface area contributed by atoms with Gasteiger partial charge < -0.3 is 16.2 Å². The van der Waals surface area contributed by atoms with Gasteiger partial charge in [-0.3, -0.25) is 0 Å². The SMILES string of the molecule is NCc1c(N)cc(Br)nc1OC(F)(F)F. The smallest absolute Gasteiger partial charge is 0.398 e. The van der Waals surface area contributed by atoms with Gasteiger partial charge in [-0.25, -0.2) is 4.98 Å². The van der Waals surface area contributed by atoms with E-state index in [4.69, 9.17) is 11.5 Å². The number of halogens is 4. The Morgan fingerprint density at radius 2 is 2.07 bits per heavy atom. The number of anilines is 1. The Morgan fingerprint density at radius 3 is 2.53 bits per heavy atom. The molecular formula is C7H7BrF3N3O. The molecule has 8 heteroatoms. The molecule has 0 aliphatic rings. The van der Waals surface area contributed by atoms with Gasteiger partial charge in [0.25, 0.3) is 0 Å². The molecule has 0 saturated carbocycles. The third-order valence-electron chi connectivity index (χ3n) is 1.51. The summed E-state index contributed by atoms with van der Waals surface area (Å²) in [5.41, 5.74) is 10.8. The zero-order valence-electron chi connectivity index (χ0n) is 7.31. The molecule has 0 unspecified atom stereocenters. The molecule has 4 nitrogen and oxygen atoms in total. The second-order valence-electron chi connectivity index (χ2n) is 2.57. The van der Waals surface area contributed by atoms with Crippen LogP contribution >= 0.6 is 15.9 Å². The minimum absolute atomic E-state index is 0.0236. The number of hydrogen-bond acceptors (Lipinski definition) is 4. The fraction of sp³-hybridized carbons (Fsp3) is 0.286. The minimum atomic E-state index is -4.82. The first kappa shape index (κ1) is 12.1. The van der Waals surface area contributed by atoms with E-state index in [-0.39, 0.29) is 22.4 Å². The summed E-state index contributed by atoms with van der Waals surface area (Å²) in [4.78, 5) is 3.50. The van der Waals surface area contributed by atoms with Crippen molar-refractivity contribution < 1.29 is 17.9 Å². The number of nitrogen functional groups attached to an aromatic ring is 1. The van der Waals surface area contributed by atoms with Gasteiger partial charge in [-0.05, 0) is 22.0 Å². The molecule has 0 radical (unpaired) electrons. The first-order valence-electron chi connectivity index (χ1n) is 3.74. The minimum Gasteiger partial charge on any atom is -0.398 e. The summed E-state index contributed by atoms with van der Waals surface area (Å²) in [7, 11) is 0. The standard InChI is InChI=1S/C7H7BrF3N3O/c8-5-1-4(13)3(2-12)6(14-5)15-7(9,10)11/h1H,2,12H2,(H2,13,14). The van der Waals surface area contributed by atoms with Crippen molar-refractivity contribution in [1.82, 2.24) is 4.98 Å². The lowest BCUT2D eigenvalue weighted by molar-refractivity contribution is -0.276. The fourth-order valence-electron chi connectivity index (χ4n) is 0.935. The lowest BCUT2D eigenvalue weighted by Gasteiger charge is -2.13. The van der Waals surface area contributed by atoms with E-state index >= 15 is 0 Å². The van der Waals surface area contributed by atoms with Crippen LogP contribution in [0, 0.1) is 0 Å². The van der Waals surface area contributed by atoms with Gasteiger partial charge in [0.2, 0.25) is 5.88 Å². The molecule has 0 saturated heterocycles. The Labute approximate surface area is 91.5 Å². The van der Waals surface area contributed by atoms with Gasteiger partial charge in [-0.1, -0.05) is 0 Å². The topological polar surface area (TPSA) is 74.2 Å². The Kier molecular flexibility index (Phi) is 3.40. The maximum atomic E-state index is 12.0. The monoisotopic (exact) mass is 285 g/mol. The Morgan fingerprint density at radius 1 is 1.47 bits per heavy atom. The predicted molar refractivity (Wildman–Crippen MR) is 50.9 cm³/mol. The summed E-state index contributed by atoms with van der Waals surface area (Å²) >= 11 is 2.90. The van der Waals surface area contributed by atoms with E-state index in [1.807, 2.05) is 0 Å². The first-order chi connectivity index (χ1) is 6.83. The lowest BCUT2D eigenvalue weighted by atomic mass is 10.2. The van der Waals surface area contributed by atoms with E-state index in [9.17, 15) is 13.2 Å². The highest BCUT2D eigenvalue weighted by atomic mass is 79.9.